The molecule has 1 aliphatic heterocycles. The van der Waals surface area contributed by atoms with Gasteiger partial charge in [0.05, 0.1) is 18.6 Å². The van der Waals surface area contributed by atoms with Crippen LogP contribution in [0.1, 0.15) is 94.4 Å². The molecule has 0 unspecified atom stereocenters. The quantitative estimate of drug-likeness (QED) is 0.165. The highest BCUT2D eigenvalue weighted by atomic mass is 35.5. The van der Waals surface area contributed by atoms with Gasteiger partial charge in [0.1, 0.15) is 18.0 Å². The molecule has 3 aliphatic rings. The number of halogens is 1. The molecule has 1 aromatic carbocycles. The molecule has 10 heteroatoms. The fourth-order valence-corrected chi connectivity index (χ4v) is 9.58. The molecule has 7 atom stereocenters. The number of esters is 2. The maximum Gasteiger partial charge on any atom is 0.350 e. The summed E-state index contributed by atoms with van der Waals surface area (Å²) in [6.45, 7) is 28.1. The number of carbonyl (C=O) groups excluding carboxylic acids is 2. The number of fused-ring (bicyclic) bond motifs is 1. The van der Waals surface area contributed by atoms with E-state index in [-0.39, 0.29) is 52.1 Å². The van der Waals surface area contributed by atoms with E-state index in [2.05, 4.69) is 92.9 Å². The van der Waals surface area contributed by atoms with Crippen molar-refractivity contribution in [2.24, 2.45) is 17.8 Å². The zero-order valence-corrected chi connectivity index (χ0v) is 35.6. The van der Waals surface area contributed by atoms with Crippen LogP contribution in [-0.4, -0.2) is 58.6 Å². The second kappa shape index (κ2) is 15.2. The molecule has 1 fully saturated rings. The van der Waals surface area contributed by atoms with E-state index in [1.807, 2.05) is 0 Å². The van der Waals surface area contributed by atoms with Gasteiger partial charge in [0.25, 0.3) is 0 Å². The van der Waals surface area contributed by atoms with Crippen LogP contribution in [0.25, 0.3) is 0 Å². The third-order valence-electron chi connectivity index (χ3n) is 11.9. The zero-order chi connectivity index (χ0) is 37.4. The lowest BCUT2D eigenvalue weighted by molar-refractivity contribution is -0.171. The summed E-state index contributed by atoms with van der Waals surface area (Å²) in [4.78, 5) is 26.8. The summed E-state index contributed by atoms with van der Waals surface area (Å²) >= 11 is 6.09. The summed E-state index contributed by atoms with van der Waals surface area (Å²) in [7, 11) is -4.17. The molecule has 1 saturated heterocycles. The number of cyclic esters (lactones) is 1. The van der Waals surface area contributed by atoms with Crippen molar-refractivity contribution in [3.8, 4) is 5.75 Å². The van der Waals surface area contributed by atoms with E-state index in [9.17, 15) is 9.59 Å². The van der Waals surface area contributed by atoms with Gasteiger partial charge in [-0.05, 0) is 105 Å². The first-order valence-electron chi connectivity index (χ1n) is 18.5. The van der Waals surface area contributed by atoms with E-state index in [1.54, 1.807) is 38.1 Å². The molecule has 7 nitrogen and oxygen atoms in total. The van der Waals surface area contributed by atoms with Gasteiger partial charge in [-0.25, -0.2) is 4.79 Å². The average molecular weight is 748 g/mol. The molecule has 1 aromatic rings. The topological polar surface area (TPSA) is 80.3 Å². The Morgan fingerprint density at radius 2 is 1.50 bits per heavy atom. The van der Waals surface area contributed by atoms with Gasteiger partial charge in [-0.15, -0.1) is 0 Å². The van der Waals surface area contributed by atoms with Gasteiger partial charge in [0, 0.05) is 23.8 Å². The number of ether oxygens (including phenoxy) is 3. The van der Waals surface area contributed by atoms with Gasteiger partial charge in [0.15, 0.2) is 22.2 Å². The minimum absolute atomic E-state index is 0.0249. The summed E-state index contributed by atoms with van der Waals surface area (Å²) in [6, 6.07) is 6.99. The van der Waals surface area contributed by atoms with Crippen LogP contribution in [-0.2, 0) is 27.9 Å². The van der Waals surface area contributed by atoms with Crippen molar-refractivity contribution >= 4 is 40.2 Å². The van der Waals surface area contributed by atoms with E-state index in [1.165, 1.54) is 0 Å². The Balaban J connectivity index is 1.57. The molecular weight excluding hydrogens is 684 g/mol. The number of carbonyl (C=O) groups is 2. The summed E-state index contributed by atoms with van der Waals surface area (Å²) < 4.78 is 32.2. The molecule has 0 N–H and O–H groups in total. The lowest BCUT2D eigenvalue weighted by Gasteiger charge is -2.46. The van der Waals surface area contributed by atoms with Crippen LogP contribution in [0.3, 0.4) is 0 Å². The predicted octanol–water partition coefficient (Wildman–Crippen LogP) is 10.4. The maximum atomic E-state index is 14.0. The van der Waals surface area contributed by atoms with E-state index < -0.39 is 34.3 Å². The summed E-state index contributed by atoms with van der Waals surface area (Å²) in [6.07, 6.45) is 8.96. The van der Waals surface area contributed by atoms with Crippen molar-refractivity contribution in [1.82, 2.24) is 0 Å². The number of allylic oxidation sites excluding steroid dienone is 2. The lowest BCUT2D eigenvalue weighted by atomic mass is 9.66. The van der Waals surface area contributed by atoms with Crippen molar-refractivity contribution in [3.63, 3.8) is 0 Å². The normalized spacial score (nSPS) is 28.0. The highest BCUT2D eigenvalue weighted by Crippen LogP contribution is 2.47. The van der Waals surface area contributed by atoms with Crippen LogP contribution in [0.2, 0.25) is 41.3 Å². The molecule has 2 aliphatic carbocycles. The molecule has 0 amide bonds. The number of benzene rings is 1. The SMILES string of the molecule is C[C@H]1C=CC2=C[C@@H](O[Si](C)(C)C(C)(C)C)C[C@H](OC(=O)C(C)(C)Oc3ccc(Cl)cc3)[C@@H]2[C@H]1CC[C@@H]1C[C@@H](O[Si](C)(C)C(C)(C)C)CC(=O)O1. The first-order chi connectivity index (χ1) is 22.9. The summed E-state index contributed by atoms with van der Waals surface area (Å²) in [5.41, 5.74) is -0.0801. The molecule has 0 spiro atoms. The van der Waals surface area contributed by atoms with Crippen molar-refractivity contribution in [2.75, 3.05) is 0 Å². The largest absolute Gasteiger partial charge is 0.476 e. The van der Waals surface area contributed by atoms with Crippen molar-refractivity contribution in [2.45, 2.75) is 161 Å². The smallest absolute Gasteiger partial charge is 0.350 e. The number of hydrogen-bond donors (Lipinski definition) is 0. The first-order valence-corrected chi connectivity index (χ1v) is 24.7. The molecule has 280 valence electrons. The third kappa shape index (κ3) is 9.94. The van der Waals surface area contributed by atoms with Gasteiger partial charge in [-0.1, -0.05) is 78.3 Å². The highest BCUT2D eigenvalue weighted by Gasteiger charge is 2.48. The standard InChI is InChI=1S/C40H63ClO7Si2/c1-26-14-15-27-22-31(47-49(10,11)38(2,3)4)24-34(45-37(43)40(8,9)46-29-18-16-28(41)17-19-29)36(27)33(26)21-20-30-23-32(25-35(42)44-30)48-50(12,13)39(5,6)7/h14-19,22,26,30-34,36H,20-21,23-25H2,1-13H3/t26-,30+,31+,32+,33-,34-,36-/m0/s1. The number of hydrogen-bond acceptors (Lipinski definition) is 7. The Morgan fingerprint density at radius 1 is 0.900 bits per heavy atom. The minimum atomic E-state index is -2.12. The van der Waals surface area contributed by atoms with E-state index >= 15 is 0 Å². The monoisotopic (exact) mass is 746 g/mol. The Kier molecular flexibility index (Phi) is 12.4. The van der Waals surface area contributed by atoms with Crippen LogP contribution in [0.4, 0.5) is 0 Å². The van der Waals surface area contributed by atoms with Crippen LogP contribution in [0, 0.1) is 17.8 Å². The molecule has 0 saturated carbocycles. The first kappa shape index (κ1) is 40.8. The van der Waals surface area contributed by atoms with Gasteiger partial charge in [-0.2, -0.15) is 0 Å². The maximum absolute atomic E-state index is 14.0. The Labute approximate surface area is 309 Å². The Morgan fingerprint density at radius 3 is 2.10 bits per heavy atom. The van der Waals surface area contributed by atoms with Gasteiger partial charge in [0.2, 0.25) is 0 Å². The van der Waals surface area contributed by atoms with Gasteiger partial charge in [-0.3, -0.25) is 4.79 Å². The lowest BCUT2D eigenvalue weighted by Crippen LogP contribution is -2.50. The fraction of sp³-hybridized carbons (Fsp3) is 0.700. The predicted molar refractivity (Wildman–Crippen MR) is 207 cm³/mol. The van der Waals surface area contributed by atoms with E-state index in [0.29, 0.717) is 30.0 Å². The van der Waals surface area contributed by atoms with E-state index in [4.69, 9.17) is 34.7 Å². The average Bonchev–Trinajstić information content (AvgIpc) is 2.96. The van der Waals surface area contributed by atoms with Crippen LogP contribution in [0.15, 0.2) is 48.1 Å². The van der Waals surface area contributed by atoms with Crippen molar-refractivity contribution < 1.29 is 32.7 Å². The van der Waals surface area contributed by atoms with Crippen LogP contribution in [0.5, 0.6) is 5.75 Å². The van der Waals surface area contributed by atoms with Crippen LogP contribution < -0.4 is 4.74 Å². The Hall–Kier alpha value is -1.92. The Bertz CT molecular complexity index is 1420. The molecule has 0 aromatic heterocycles. The second-order valence-corrected chi connectivity index (χ2v) is 28.3. The fourth-order valence-electron chi connectivity index (χ4n) is 6.81. The number of rotatable bonds is 11. The molecule has 50 heavy (non-hydrogen) atoms. The van der Waals surface area contributed by atoms with Crippen LogP contribution >= 0.6 is 11.6 Å². The molecule has 1 heterocycles. The van der Waals surface area contributed by atoms with Crippen molar-refractivity contribution in [1.29, 1.82) is 0 Å². The summed E-state index contributed by atoms with van der Waals surface area (Å²) in [5.74, 6) is 0.345. The molecule has 0 radical (unpaired) electrons. The van der Waals surface area contributed by atoms with Crippen molar-refractivity contribution in [3.05, 3.63) is 53.1 Å². The van der Waals surface area contributed by atoms with Gasteiger partial charge >= 0.3 is 11.9 Å². The highest BCUT2D eigenvalue weighted by molar-refractivity contribution is 6.74. The van der Waals surface area contributed by atoms with E-state index in [0.717, 1.165) is 18.4 Å². The molecule has 4 rings (SSSR count). The second-order valence-electron chi connectivity index (χ2n) is 18.4. The zero-order valence-electron chi connectivity index (χ0n) is 32.9. The third-order valence-corrected chi connectivity index (χ3v) is 21.1. The molecular formula is C40H63ClO7Si2. The van der Waals surface area contributed by atoms with Gasteiger partial charge < -0.3 is 23.1 Å². The minimum Gasteiger partial charge on any atom is -0.476 e. The molecule has 0 bridgehead atoms. The summed E-state index contributed by atoms with van der Waals surface area (Å²) in [5, 5.41) is 0.690.